The zero-order valence-electron chi connectivity index (χ0n) is 20.8. The van der Waals surface area contributed by atoms with E-state index in [-0.39, 0.29) is 6.03 Å². The van der Waals surface area contributed by atoms with Crippen molar-refractivity contribution >= 4 is 23.3 Å². The maximum atomic E-state index is 13.3. The predicted molar refractivity (Wildman–Crippen MR) is 151 cm³/mol. The summed E-state index contributed by atoms with van der Waals surface area (Å²) in [5, 5.41) is 0.617. The van der Waals surface area contributed by atoms with Gasteiger partial charge in [0.15, 0.2) is 0 Å². The highest BCUT2D eigenvalue weighted by Gasteiger charge is 2.38. The van der Waals surface area contributed by atoms with E-state index in [1.165, 1.54) is 0 Å². The second kappa shape index (κ2) is 10.2. The van der Waals surface area contributed by atoms with Gasteiger partial charge >= 0.3 is 6.03 Å². The van der Waals surface area contributed by atoms with Crippen LogP contribution in [0.2, 0.25) is 5.02 Å². The number of hydrogen-bond donors (Lipinski definition) is 0. The normalized spacial score (nSPS) is 13.8. The Hall–Kier alpha value is -4.35. The molecule has 2 heterocycles. The van der Waals surface area contributed by atoms with Gasteiger partial charge in [-0.05, 0) is 34.9 Å². The number of nitrogens with zero attached hydrogens (tertiary/aromatic N) is 4. The van der Waals surface area contributed by atoms with Crippen molar-refractivity contribution in [3.63, 3.8) is 0 Å². The molecule has 1 aromatic heterocycles. The molecule has 38 heavy (non-hydrogen) atoms. The van der Waals surface area contributed by atoms with Crippen LogP contribution in [-0.4, -0.2) is 33.6 Å². The molecule has 0 bridgehead atoms. The van der Waals surface area contributed by atoms with Gasteiger partial charge < -0.3 is 9.47 Å². The molecule has 188 valence electrons. The van der Waals surface area contributed by atoms with Gasteiger partial charge in [0.1, 0.15) is 5.54 Å². The van der Waals surface area contributed by atoms with Crippen molar-refractivity contribution in [2.45, 2.75) is 12.1 Å². The van der Waals surface area contributed by atoms with Crippen molar-refractivity contribution in [3.05, 3.63) is 155 Å². The zero-order chi connectivity index (χ0) is 26.0. The first-order valence-corrected chi connectivity index (χ1v) is 13.1. The van der Waals surface area contributed by atoms with Crippen LogP contribution in [0.1, 0.15) is 22.4 Å². The molecule has 0 radical (unpaired) electrons. The van der Waals surface area contributed by atoms with Crippen LogP contribution in [0.15, 0.2) is 128 Å². The molecule has 5 aromatic rings. The first-order chi connectivity index (χ1) is 18.7. The molecule has 0 saturated carbocycles. The number of imidazole rings is 1. The van der Waals surface area contributed by atoms with E-state index >= 15 is 0 Å². The number of rotatable bonds is 7. The molecule has 5 nitrogen and oxygen atoms in total. The minimum Gasteiger partial charge on any atom is -0.319 e. The van der Waals surface area contributed by atoms with Gasteiger partial charge in [-0.2, -0.15) is 0 Å². The van der Waals surface area contributed by atoms with Crippen LogP contribution in [0, 0.1) is 0 Å². The van der Waals surface area contributed by atoms with Crippen LogP contribution >= 0.6 is 11.6 Å². The van der Waals surface area contributed by atoms with Crippen LogP contribution in [-0.2, 0) is 12.1 Å². The molecule has 4 aromatic carbocycles. The molecule has 0 aliphatic carbocycles. The molecular weight excluding hydrogens is 492 g/mol. The Bertz CT molecular complexity index is 1440. The minimum absolute atomic E-state index is 0.0396. The molecule has 0 unspecified atom stereocenters. The lowest BCUT2D eigenvalue weighted by Gasteiger charge is -2.37. The second-order valence-electron chi connectivity index (χ2n) is 9.42. The van der Waals surface area contributed by atoms with E-state index in [9.17, 15) is 4.79 Å². The smallest absolute Gasteiger partial charge is 0.319 e. The molecule has 6 rings (SSSR count). The van der Waals surface area contributed by atoms with Gasteiger partial charge in [0.2, 0.25) is 0 Å². The molecule has 2 amide bonds. The average Bonchev–Trinajstić information content (AvgIpc) is 3.58. The van der Waals surface area contributed by atoms with Gasteiger partial charge in [0.05, 0.1) is 18.6 Å². The number of halogens is 1. The quantitative estimate of drug-likeness (QED) is 0.222. The Labute approximate surface area is 227 Å². The monoisotopic (exact) mass is 518 g/mol. The fourth-order valence-electron chi connectivity index (χ4n) is 5.42. The Balaban J connectivity index is 1.39. The summed E-state index contributed by atoms with van der Waals surface area (Å²) in [5.41, 5.74) is 4.41. The molecule has 1 aliphatic heterocycles. The highest BCUT2D eigenvalue weighted by atomic mass is 35.5. The highest BCUT2D eigenvalue weighted by Crippen LogP contribution is 2.40. The summed E-state index contributed by atoms with van der Waals surface area (Å²) in [4.78, 5) is 21.7. The Morgan fingerprint density at radius 3 is 1.87 bits per heavy atom. The zero-order valence-corrected chi connectivity index (χ0v) is 21.6. The number of anilines is 1. The van der Waals surface area contributed by atoms with Crippen molar-refractivity contribution < 1.29 is 4.79 Å². The molecular formula is C32H27ClN4O. The fourth-order valence-corrected chi connectivity index (χ4v) is 5.61. The molecule has 0 N–H and O–H groups in total. The van der Waals surface area contributed by atoms with E-state index in [1.54, 1.807) is 4.90 Å². The summed E-state index contributed by atoms with van der Waals surface area (Å²) in [7, 11) is 0. The third-order valence-electron chi connectivity index (χ3n) is 7.17. The Morgan fingerprint density at radius 1 is 0.737 bits per heavy atom. The summed E-state index contributed by atoms with van der Waals surface area (Å²) < 4.78 is 2.18. The summed E-state index contributed by atoms with van der Waals surface area (Å²) >= 11 is 6.17. The molecule has 1 aliphatic rings. The molecule has 1 saturated heterocycles. The van der Waals surface area contributed by atoms with E-state index < -0.39 is 5.54 Å². The maximum Gasteiger partial charge on any atom is 0.324 e. The predicted octanol–water partition coefficient (Wildman–Crippen LogP) is 6.82. The van der Waals surface area contributed by atoms with Crippen molar-refractivity contribution in [3.8, 4) is 0 Å². The summed E-state index contributed by atoms with van der Waals surface area (Å²) in [6.45, 7) is 1.67. The van der Waals surface area contributed by atoms with Crippen LogP contribution in [0.25, 0.3) is 0 Å². The number of urea groups is 1. The number of aromatic nitrogens is 2. The van der Waals surface area contributed by atoms with Crippen LogP contribution in [0.5, 0.6) is 0 Å². The number of amides is 2. The summed E-state index contributed by atoms with van der Waals surface area (Å²) in [6.07, 6.45) is 3.96. The van der Waals surface area contributed by atoms with Gasteiger partial charge in [0, 0.05) is 30.0 Å². The number of carbonyl (C=O) groups is 1. The lowest BCUT2D eigenvalue weighted by atomic mass is 9.77. The van der Waals surface area contributed by atoms with E-state index in [0.717, 1.165) is 28.1 Å². The highest BCUT2D eigenvalue weighted by molar-refractivity contribution is 6.30. The van der Waals surface area contributed by atoms with Crippen LogP contribution < -0.4 is 4.90 Å². The van der Waals surface area contributed by atoms with Crippen molar-refractivity contribution in [1.29, 1.82) is 0 Å². The van der Waals surface area contributed by atoms with E-state index in [0.29, 0.717) is 24.7 Å². The second-order valence-corrected chi connectivity index (χ2v) is 9.85. The Kier molecular flexibility index (Phi) is 6.44. The van der Waals surface area contributed by atoms with Gasteiger partial charge in [0.25, 0.3) is 0 Å². The largest absolute Gasteiger partial charge is 0.324 e. The molecule has 6 heteroatoms. The van der Waals surface area contributed by atoms with Crippen molar-refractivity contribution in [1.82, 2.24) is 14.5 Å². The standard InChI is InChI=1S/C32H27ClN4O/c33-28-17-10-18-30(21-28)37-20-19-35(31(37)38)22-29-23-36(24-34-29)32(25-11-4-1-5-12-25,26-13-6-2-7-14-26)27-15-8-3-9-16-27/h1-18,21,23-24H,19-20,22H2. The lowest BCUT2D eigenvalue weighted by molar-refractivity contribution is 0.218. The molecule has 0 atom stereocenters. The third kappa shape index (κ3) is 4.25. The average molecular weight is 519 g/mol. The topological polar surface area (TPSA) is 41.4 Å². The van der Waals surface area contributed by atoms with Crippen LogP contribution in [0.3, 0.4) is 0 Å². The Morgan fingerprint density at radius 2 is 1.32 bits per heavy atom. The molecule has 0 spiro atoms. The minimum atomic E-state index is -0.628. The van der Waals surface area contributed by atoms with Gasteiger partial charge in [-0.25, -0.2) is 9.78 Å². The van der Waals surface area contributed by atoms with Gasteiger partial charge in [-0.3, -0.25) is 4.90 Å². The van der Waals surface area contributed by atoms with Gasteiger partial charge in [-0.15, -0.1) is 0 Å². The van der Waals surface area contributed by atoms with E-state index in [2.05, 4.69) is 83.6 Å². The maximum absolute atomic E-state index is 13.3. The van der Waals surface area contributed by atoms with Crippen molar-refractivity contribution in [2.75, 3.05) is 18.0 Å². The van der Waals surface area contributed by atoms with Gasteiger partial charge in [-0.1, -0.05) is 109 Å². The van der Waals surface area contributed by atoms with Crippen LogP contribution in [0.4, 0.5) is 10.5 Å². The SMILES string of the molecule is O=C1N(Cc2cn(C(c3ccccc3)(c3ccccc3)c3ccccc3)cn2)CCN1c1cccc(Cl)c1. The number of hydrogen-bond acceptors (Lipinski definition) is 2. The summed E-state index contributed by atoms with van der Waals surface area (Å²) in [5.74, 6) is 0. The summed E-state index contributed by atoms with van der Waals surface area (Å²) in [6, 6.07) is 38.9. The fraction of sp³-hybridized carbons (Fsp3) is 0.125. The van der Waals surface area contributed by atoms with E-state index in [1.807, 2.05) is 53.7 Å². The number of carbonyl (C=O) groups excluding carboxylic acids is 1. The lowest BCUT2D eigenvalue weighted by Crippen LogP contribution is -2.37. The first-order valence-electron chi connectivity index (χ1n) is 12.7. The van der Waals surface area contributed by atoms with E-state index in [4.69, 9.17) is 16.6 Å². The van der Waals surface area contributed by atoms with Crippen molar-refractivity contribution in [2.24, 2.45) is 0 Å². The third-order valence-corrected chi connectivity index (χ3v) is 7.40. The molecule has 1 fully saturated rings. The number of benzene rings is 4. The first kappa shape index (κ1) is 24.0.